The Morgan fingerprint density at radius 2 is 2.16 bits per heavy atom. The van der Waals surface area contributed by atoms with Gasteiger partial charge in [0, 0.05) is 37.6 Å². The Kier molecular flexibility index (Phi) is 5.83. The van der Waals surface area contributed by atoms with E-state index in [4.69, 9.17) is 4.74 Å². The molecule has 0 radical (unpaired) electrons. The van der Waals surface area contributed by atoms with Crippen LogP contribution in [0.2, 0.25) is 0 Å². The second kappa shape index (κ2) is 8.27. The molecule has 1 unspecified atom stereocenters. The quantitative estimate of drug-likeness (QED) is 0.781. The summed E-state index contributed by atoms with van der Waals surface area (Å²) in [5.41, 5.74) is 0.618. The van der Waals surface area contributed by atoms with Crippen LogP contribution in [-0.4, -0.2) is 57.9 Å². The number of likely N-dealkylation sites (tertiary alicyclic amines) is 1. The molecule has 25 heavy (non-hydrogen) atoms. The summed E-state index contributed by atoms with van der Waals surface area (Å²) in [7, 11) is 0. The number of hydrogen-bond donors (Lipinski definition) is 1. The van der Waals surface area contributed by atoms with Gasteiger partial charge in [-0.25, -0.2) is 0 Å². The highest BCUT2D eigenvalue weighted by atomic mass is 16.5. The Labute approximate surface area is 148 Å². The molecule has 3 rings (SSSR count). The minimum Gasteiger partial charge on any atom is -0.491 e. The topological polar surface area (TPSA) is 67.6 Å². The fraction of sp³-hybridized carbons (Fsp3) is 0.474. The van der Waals surface area contributed by atoms with Crippen LogP contribution in [0.4, 0.5) is 0 Å². The van der Waals surface area contributed by atoms with Crippen LogP contribution < -0.4 is 4.74 Å². The van der Waals surface area contributed by atoms with E-state index in [-0.39, 0.29) is 12.4 Å². The van der Waals surface area contributed by atoms with Gasteiger partial charge in [0.15, 0.2) is 5.78 Å². The predicted molar refractivity (Wildman–Crippen MR) is 94.9 cm³/mol. The molecule has 1 aliphatic heterocycles. The maximum absolute atomic E-state index is 11.4. The molecule has 0 saturated carbocycles. The number of hydrogen-bond acceptors (Lipinski definition) is 5. The summed E-state index contributed by atoms with van der Waals surface area (Å²) in [4.78, 5) is 13.7. The number of β-amino-alcohol motifs (C(OH)–C–C–N with tert-alkyl or cyclic N) is 1. The lowest BCUT2D eigenvalue weighted by Gasteiger charge is -2.33. The second-order valence-electron chi connectivity index (χ2n) is 6.57. The average molecular weight is 343 g/mol. The van der Waals surface area contributed by atoms with Gasteiger partial charge in [-0.1, -0.05) is 12.1 Å². The normalized spacial score (nSPS) is 17.4. The van der Waals surface area contributed by atoms with Crippen molar-refractivity contribution in [3.05, 3.63) is 48.3 Å². The van der Waals surface area contributed by atoms with E-state index < -0.39 is 6.10 Å². The molecule has 6 heteroatoms. The Balaban J connectivity index is 1.42. The molecule has 1 fully saturated rings. The largest absolute Gasteiger partial charge is 0.491 e. The first-order chi connectivity index (χ1) is 12.1. The molecule has 1 saturated heterocycles. The highest BCUT2D eigenvalue weighted by Gasteiger charge is 2.22. The van der Waals surface area contributed by atoms with E-state index in [0.29, 0.717) is 23.9 Å². The van der Waals surface area contributed by atoms with Crippen LogP contribution in [0.25, 0.3) is 0 Å². The summed E-state index contributed by atoms with van der Waals surface area (Å²) in [5.74, 6) is 0.621. The van der Waals surface area contributed by atoms with Crippen LogP contribution in [0.5, 0.6) is 5.75 Å². The van der Waals surface area contributed by atoms with Crippen LogP contribution in [-0.2, 0) is 0 Å². The van der Waals surface area contributed by atoms with E-state index in [0.717, 1.165) is 25.9 Å². The fourth-order valence-electron chi connectivity index (χ4n) is 3.21. The predicted octanol–water partition coefficient (Wildman–Crippen LogP) is 2.16. The van der Waals surface area contributed by atoms with Crippen LogP contribution in [0, 0.1) is 0 Å². The van der Waals surface area contributed by atoms with Gasteiger partial charge in [0.25, 0.3) is 0 Å². The maximum atomic E-state index is 11.4. The molecule has 0 amide bonds. The zero-order valence-electron chi connectivity index (χ0n) is 14.5. The van der Waals surface area contributed by atoms with Crippen molar-refractivity contribution in [1.82, 2.24) is 14.7 Å². The summed E-state index contributed by atoms with van der Waals surface area (Å²) >= 11 is 0. The van der Waals surface area contributed by atoms with Crippen LogP contribution in [0.15, 0.2) is 42.7 Å². The molecule has 2 aromatic rings. The van der Waals surface area contributed by atoms with Crippen molar-refractivity contribution in [2.75, 3.05) is 26.2 Å². The smallest absolute Gasteiger partial charge is 0.159 e. The molecule has 0 aliphatic carbocycles. The number of ketones is 1. The van der Waals surface area contributed by atoms with Gasteiger partial charge in [0.2, 0.25) is 0 Å². The number of aromatic nitrogens is 2. The van der Waals surface area contributed by atoms with Crippen molar-refractivity contribution < 1.29 is 14.6 Å². The minimum atomic E-state index is -0.553. The average Bonchev–Trinajstić information content (AvgIpc) is 3.15. The zero-order valence-corrected chi connectivity index (χ0v) is 14.5. The van der Waals surface area contributed by atoms with E-state index in [9.17, 15) is 9.90 Å². The van der Waals surface area contributed by atoms with Crippen molar-refractivity contribution in [3.8, 4) is 5.75 Å². The molecule has 0 spiro atoms. The number of rotatable bonds is 7. The summed E-state index contributed by atoms with van der Waals surface area (Å²) < 4.78 is 7.66. The molecule has 1 N–H and O–H groups in total. The SMILES string of the molecule is CC(=O)c1cccc(OCC(O)CN2CCC(n3cccn3)CC2)c1. The lowest BCUT2D eigenvalue weighted by atomic mass is 10.1. The Hall–Kier alpha value is -2.18. The molecular weight excluding hydrogens is 318 g/mol. The number of ether oxygens (including phenoxy) is 1. The first kappa shape index (κ1) is 17.6. The fourth-order valence-corrected chi connectivity index (χ4v) is 3.21. The van der Waals surface area contributed by atoms with Gasteiger partial charge in [-0.05, 0) is 38.0 Å². The summed E-state index contributed by atoms with van der Waals surface area (Å²) in [5, 5.41) is 14.6. The van der Waals surface area contributed by atoms with Crippen molar-refractivity contribution in [1.29, 1.82) is 0 Å². The van der Waals surface area contributed by atoms with Crippen molar-refractivity contribution in [2.45, 2.75) is 31.9 Å². The summed E-state index contributed by atoms with van der Waals surface area (Å²) in [6.07, 6.45) is 5.35. The summed E-state index contributed by atoms with van der Waals surface area (Å²) in [6, 6.07) is 9.47. The Morgan fingerprint density at radius 3 is 2.84 bits per heavy atom. The van der Waals surface area contributed by atoms with Crippen molar-refractivity contribution in [2.24, 2.45) is 0 Å². The van der Waals surface area contributed by atoms with Gasteiger partial charge in [0.05, 0.1) is 6.04 Å². The highest BCUT2D eigenvalue weighted by molar-refractivity contribution is 5.94. The van der Waals surface area contributed by atoms with Gasteiger partial charge in [-0.15, -0.1) is 0 Å². The zero-order chi connectivity index (χ0) is 17.6. The van der Waals surface area contributed by atoms with E-state index in [2.05, 4.69) is 10.00 Å². The number of carbonyl (C=O) groups excluding carboxylic acids is 1. The van der Waals surface area contributed by atoms with Crippen molar-refractivity contribution in [3.63, 3.8) is 0 Å². The van der Waals surface area contributed by atoms with E-state index in [1.165, 1.54) is 6.92 Å². The standard InChI is InChI=1S/C19H25N3O3/c1-15(23)16-4-2-5-19(12-16)25-14-18(24)13-21-10-6-17(7-11-21)22-9-3-8-20-22/h2-5,8-9,12,17-18,24H,6-7,10-11,13-14H2,1H3. The number of carbonyl (C=O) groups is 1. The molecule has 1 aromatic heterocycles. The minimum absolute atomic E-state index is 0.00560. The Bertz CT molecular complexity index is 679. The highest BCUT2D eigenvalue weighted by Crippen LogP contribution is 2.21. The number of piperidine rings is 1. The van der Waals surface area contributed by atoms with E-state index in [1.807, 2.05) is 23.1 Å². The number of aliphatic hydroxyl groups excluding tert-OH is 1. The number of aliphatic hydroxyl groups is 1. The molecule has 1 atom stereocenters. The van der Waals surface area contributed by atoms with Crippen LogP contribution in [0.1, 0.15) is 36.2 Å². The first-order valence-corrected chi connectivity index (χ1v) is 8.75. The second-order valence-corrected chi connectivity index (χ2v) is 6.57. The molecular formula is C19H25N3O3. The van der Waals surface area contributed by atoms with Gasteiger partial charge < -0.3 is 14.7 Å². The first-order valence-electron chi connectivity index (χ1n) is 8.75. The molecule has 134 valence electrons. The van der Waals surface area contributed by atoms with E-state index >= 15 is 0 Å². The summed E-state index contributed by atoms with van der Waals surface area (Å²) in [6.45, 7) is 4.24. The lowest BCUT2D eigenvalue weighted by Crippen LogP contribution is -2.41. The maximum Gasteiger partial charge on any atom is 0.159 e. The molecule has 1 aliphatic rings. The van der Waals surface area contributed by atoms with Gasteiger partial charge in [-0.2, -0.15) is 5.10 Å². The van der Waals surface area contributed by atoms with E-state index in [1.54, 1.807) is 24.3 Å². The molecule has 6 nitrogen and oxygen atoms in total. The monoisotopic (exact) mass is 343 g/mol. The van der Waals surface area contributed by atoms with Gasteiger partial charge in [-0.3, -0.25) is 9.48 Å². The third-order valence-corrected chi connectivity index (χ3v) is 4.61. The van der Waals surface area contributed by atoms with Gasteiger partial charge in [0.1, 0.15) is 18.5 Å². The number of nitrogens with zero attached hydrogens (tertiary/aromatic N) is 3. The van der Waals surface area contributed by atoms with Crippen LogP contribution in [0.3, 0.4) is 0 Å². The number of Topliss-reactive ketones (excluding diaryl/α,β-unsaturated/α-hetero) is 1. The third kappa shape index (κ3) is 4.90. The molecule has 0 bridgehead atoms. The third-order valence-electron chi connectivity index (χ3n) is 4.61. The van der Waals surface area contributed by atoms with Gasteiger partial charge >= 0.3 is 0 Å². The Morgan fingerprint density at radius 1 is 1.36 bits per heavy atom. The lowest BCUT2D eigenvalue weighted by molar-refractivity contribution is 0.0550. The molecule has 2 heterocycles. The molecule has 1 aromatic carbocycles. The number of benzene rings is 1. The van der Waals surface area contributed by atoms with Crippen LogP contribution >= 0.6 is 0 Å². The van der Waals surface area contributed by atoms with Crippen molar-refractivity contribution >= 4 is 5.78 Å².